The Balaban J connectivity index is 2.08. The fourth-order valence-electron chi connectivity index (χ4n) is 1.71. The first-order valence-corrected chi connectivity index (χ1v) is 6.62. The number of rotatable bonds is 5. The average molecular weight is 280 g/mol. The first-order chi connectivity index (χ1) is 9.29. The molecule has 1 aromatic rings. The number of anilines is 1. The van der Waals surface area contributed by atoms with Gasteiger partial charge in [0.05, 0.1) is 24.0 Å². The van der Waals surface area contributed by atoms with Crippen LogP contribution in [0.3, 0.4) is 0 Å². The van der Waals surface area contributed by atoms with E-state index in [4.69, 9.17) is 10.5 Å². The van der Waals surface area contributed by atoms with Crippen molar-refractivity contribution in [3.63, 3.8) is 0 Å². The summed E-state index contributed by atoms with van der Waals surface area (Å²) in [5, 5.41) is 6.82. The molecule has 1 heterocycles. The smallest absolute Gasteiger partial charge is 0.333 e. The minimum absolute atomic E-state index is 0.217. The first kappa shape index (κ1) is 14.5. The van der Waals surface area contributed by atoms with Gasteiger partial charge < -0.3 is 15.8 Å². The third-order valence-corrected chi connectivity index (χ3v) is 3.43. The largest absolute Gasteiger partial charge is 0.464 e. The summed E-state index contributed by atoms with van der Waals surface area (Å²) in [4.78, 5) is 23.7. The van der Waals surface area contributed by atoms with Gasteiger partial charge in [-0.2, -0.15) is 5.10 Å². The van der Waals surface area contributed by atoms with Crippen molar-refractivity contribution in [3.8, 4) is 0 Å². The summed E-state index contributed by atoms with van der Waals surface area (Å²) in [7, 11) is 0. The minimum Gasteiger partial charge on any atom is -0.464 e. The summed E-state index contributed by atoms with van der Waals surface area (Å²) in [6.07, 6.45) is 4.48. The van der Waals surface area contributed by atoms with Crippen LogP contribution in [-0.4, -0.2) is 33.8 Å². The molecule has 0 bridgehead atoms. The van der Waals surface area contributed by atoms with E-state index in [9.17, 15) is 9.59 Å². The Morgan fingerprint density at radius 1 is 1.55 bits per heavy atom. The number of nitrogens with two attached hydrogens (primary N) is 1. The lowest BCUT2D eigenvalue weighted by Gasteiger charge is -2.22. The third kappa shape index (κ3) is 2.67. The van der Waals surface area contributed by atoms with Gasteiger partial charge in [-0.25, -0.2) is 4.79 Å². The summed E-state index contributed by atoms with van der Waals surface area (Å²) in [5.41, 5.74) is 4.65. The second-order valence-electron chi connectivity index (χ2n) is 5.56. The highest BCUT2D eigenvalue weighted by Gasteiger charge is 2.46. The molecule has 1 amide bonds. The Labute approximate surface area is 117 Å². The van der Waals surface area contributed by atoms with E-state index in [1.807, 2.05) is 0 Å². The number of carbonyl (C=O) groups is 2. The molecule has 1 aliphatic carbocycles. The number of nitrogens with one attached hydrogen (secondary N) is 1. The lowest BCUT2D eigenvalue weighted by atomic mass is 10.1. The SMILES string of the molecule is CCOC(=O)C(C)(C)n1cc(NC(=O)C2(N)CC2)cn1. The van der Waals surface area contributed by atoms with Crippen LogP contribution < -0.4 is 11.1 Å². The zero-order chi connectivity index (χ0) is 15.0. The van der Waals surface area contributed by atoms with Crippen molar-refractivity contribution in [1.82, 2.24) is 9.78 Å². The number of hydrogen-bond acceptors (Lipinski definition) is 5. The number of esters is 1. The van der Waals surface area contributed by atoms with Crippen molar-refractivity contribution >= 4 is 17.6 Å². The number of carbonyl (C=O) groups excluding carboxylic acids is 2. The van der Waals surface area contributed by atoms with Gasteiger partial charge in [-0.05, 0) is 33.6 Å². The summed E-state index contributed by atoms with van der Waals surface area (Å²) >= 11 is 0. The van der Waals surface area contributed by atoms with E-state index in [0.717, 1.165) is 0 Å². The molecular weight excluding hydrogens is 260 g/mol. The van der Waals surface area contributed by atoms with Gasteiger partial charge in [0.15, 0.2) is 5.54 Å². The zero-order valence-corrected chi connectivity index (χ0v) is 12.0. The summed E-state index contributed by atoms with van der Waals surface area (Å²) in [6, 6.07) is 0. The van der Waals surface area contributed by atoms with E-state index in [0.29, 0.717) is 25.1 Å². The summed E-state index contributed by atoms with van der Waals surface area (Å²) in [5.74, 6) is -0.593. The molecule has 1 aromatic heterocycles. The molecule has 0 atom stereocenters. The molecule has 110 valence electrons. The Kier molecular flexibility index (Phi) is 3.56. The monoisotopic (exact) mass is 280 g/mol. The molecule has 0 spiro atoms. The Hall–Kier alpha value is -1.89. The van der Waals surface area contributed by atoms with Crippen LogP contribution >= 0.6 is 0 Å². The predicted octanol–water partition coefficient (Wildman–Crippen LogP) is 0.611. The second kappa shape index (κ2) is 4.90. The highest BCUT2D eigenvalue weighted by molar-refractivity contribution is 5.99. The quantitative estimate of drug-likeness (QED) is 0.770. The predicted molar refractivity (Wildman–Crippen MR) is 73.0 cm³/mol. The maximum Gasteiger partial charge on any atom is 0.333 e. The third-order valence-electron chi connectivity index (χ3n) is 3.43. The van der Waals surface area contributed by atoms with Crippen molar-refractivity contribution in [2.75, 3.05) is 11.9 Å². The van der Waals surface area contributed by atoms with Gasteiger partial charge in [-0.3, -0.25) is 9.48 Å². The van der Waals surface area contributed by atoms with Gasteiger partial charge in [0.2, 0.25) is 5.91 Å². The van der Waals surface area contributed by atoms with Crippen molar-refractivity contribution in [1.29, 1.82) is 0 Å². The molecule has 1 fully saturated rings. The molecule has 7 heteroatoms. The highest BCUT2D eigenvalue weighted by atomic mass is 16.5. The molecule has 0 aromatic carbocycles. The molecule has 3 N–H and O–H groups in total. The fourth-order valence-corrected chi connectivity index (χ4v) is 1.71. The maximum absolute atomic E-state index is 11.9. The maximum atomic E-state index is 11.9. The Bertz CT molecular complexity index is 531. The molecule has 7 nitrogen and oxygen atoms in total. The molecule has 0 radical (unpaired) electrons. The van der Waals surface area contributed by atoms with Crippen LogP contribution in [0.15, 0.2) is 12.4 Å². The van der Waals surface area contributed by atoms with Crippen molar-refractivity contribution in [2.45, 2.75) is 44.7 Å². The van der Waals surface area contributed by atoms with Crippen molar-refractivity contribution in [2.24, 2.45) is 5.73 Å². The van der Waals surface area contributed by atoms with Gasteiger partial charge in [-0.1, -0.05) is 0 Å². The zero-order valence-electron chi connectivity index (χ0n) is 12.0. The molecule has 0 aliphatic heterocycles. The molecule has 1 aliphatic rings. The number of aromatic nitrogens is 2. The number of amides is 1. The van der Waals surface area contributed by atoms with Gasteiger partial charge in [0.1, 0.15) is 0 Å². The van der Waals surface area contributed by atoms with E-state index in [1.54, 1.807) is 27.0 Å². The summed E-state index contributed by atoms with van der Waals surface area (Å²) < 4.78 is 6.48. The van der Waals surface area contributed by atoms with Crippen LogP contribution in [0.2, 0.25) is 0 Å². The first-order valence-electron chi connectivity index (χ1n) is 6.62. The van der Waals surface area contributed by atoms with Gasteiger partial charge in [-0.15, -0.1) is 0 Å². The molecule has 1 saturated carbocycles. The molecule has 20 heavy (non-hydrogen) atoms. The topological polar surface area (TPSA) is 99.2 Å². The lowest BCUT2D eigenvalue weighted by molar-refractivity contribution is -0.152. The van der Waals surface area contributed by atoms with Crippen LogP contribution in [0.25, 0.3) is 0 Å². The van der Waals surface area contributed by atoms with Crippen molar-refractivity contribution in [3.05, 3.63) is 12.4 Å². The van der Waals surface area contributed by atoms with E-state index >= 15 is 0 Å². The molecule has 0 saturated heterocycles. The van der Waals surface area contributed by atoms with Gasteiger partial charge >= 0.3 is 5.97 Å². The number of ether oxygens (including phenoxy) is 1. The summed E-state index contributed by atoms with van der Waals surface area (Å²) in [6.45, 7) is 5.46. The fraction of sp³-hybridized carbons (Fsp3) is 0.615. The van der Waals surface area contributed by atoms with Crippen molar-refractivity contribution < 1.29 is 14.3 Å². The van der Waals surface area contributed by atoms with Crippen LogP contribution in [0.1, 0.15) is 33.6 Å². The normalized spacial score (nSPS) is 16.6. The highest BCUT2D eigenvalue weighted by Crippen LogP contribution is 2.33. The number of hydrogen-bond donors (Lipinski definition) is 2. The average Bonchev–Trinajstić information content (AvgIpc) is 2.96. The Morgan fingerprint density at radius 2 is 2.20 bits per heavy atom. The second-order valence-corrected chi connectivity index (χ2v) is 5.56. The van der Waals surface area contributed by atoms with Gasteiger partial charge in [0, 0.05) is 6.20 Å². The van der Waals surface area contributed by atoms with E-state index < -0.39 is 11.1 Å². The molecule has 2 rings (SSSR count). The van der Waals surface area contributed by atoms with Crippen LogP contribution in [0.5, 0.6) is 0 Å². The van der Waals surface area contributed by atoms with Crippen LogP contribution in [0.4, 0.5) is 5.69 Å². The van der Waals surface area contributed by atoms with E-state index in [1.165, 1.54) is 10.9 Å². The van der Waals surface area contributed by atoms with Crippen LogP contribution in [-0.2, 0) is 19.9 Å². The number of nitrogens with zero attached hydrogens (tertiary/aromatic N) is 2. The van der Waals surface area contributed by atoms with E-state index in [-0.39, 0.29) is 11.9 Å². The standard InChI is InChI=1S/C13H20N4O3/c1-4-20-11(19)12(2,3)17-8-9(7-15-17)16-10(18)13(14)5-6-13/h7-8H,4-6,14H2,1-3H3,(H,16,18). The minimum atomic E-state index is -0.932. The van der Waals surface area contributed by atoms with Gasteiger partial charge in [0.25, 0.3) is 0 Å². The molecule has 0 unspecified atom stereocenters. The Morgan fingerprint density at radius 3 is 2.75 bits per heavy atom. The molecular formula is C13H20N4O3. The van der Waals surface area contributed by atoms with E-state index in [2.05, 4.69) is 10.4 Å². The lowest BCUT2D eigenvalue weighted by Crippen LogP contribution is -2.38. The van der Waals surface area contributed by atoms with Crippen LogP contribution in [0, 0.1) is 0 Å².